The Morgan fingerprint density at radius 3 is 2.88 bits per heavy atom. The van der Waals surface area contributed by atoms with Gasteiger partial charge < -0.3 is 15.0 Å². The lowest BCUT2D eigenvalue weighted by atomic mass is 9.91. The van der Waals surface area contributed by atoms with Crippen LogP contribution in [-0.2, 0) is 10.0 Å². The zero-order valence-electron chi connectivity index (χ0n) is 18.4. The Kier molecular flexibility index (Phi) is 6.48. The minimum absolute atomic E-state index is 0.0772. The molecule has 4 aromatic rings. The van der Waals surface area contributed by atoms with Crippen molar-refractivity contribution in [2.24, 2.45) is 0 Å². The SMILES string of the molecule is COc1cnc2[nH]cc(-c3cc(Cl)nc(NC4CCCC(NS(=O)(=O)c5cccs5)C4)c3)c2c1. The van der Waals surface area contributed by atoms with Crippen molar-refractivity contribution >= 4 is 49.8 Å². The molecule has 34 heavy (non-hydrogen) atoms. The van der Waals surface area contributed by atoms with E-state index in [1.54, 1.807) is 30.8 Å². The van der Waals surface area contributed by atoms with Crippen LogP contribution in [0.5, 0.6) is 5.75 Å². The number of nitrogens with zero attached hydrogens (tertiary/aromatic N) is 2. The average molecular weight is 518 g/mol. The Morgan fingerprint density at radius 2 is 2.09 bits per heavy atom. The molecule has 2 unspecified atom stereocenters. The number of H-pyrrole nitrogens is 1. The molecule has 0 spiro atoms. The van der Waals surface area contributed by atoms with Gasteiger partial charge in [-0.3, -0.25) is 0 Å². The van der Waals surface area contributed by atoms with Gasteiger partial charge >= 0.3 is 0 Å². The summed E-state index contributed by atoms with van der Waals surface area (Å²) in [6.07, 6.45) is 6.87. The highest BCUT2D eigenvalue weighted by molar-refractivity contribution is 7.91. The molecule has 0 saturated heterocycles. The van der Waals surface area contributed by atoms with Crippen LogP contribution in [0.4, 0.5) is 5.82 Å². The number of methoxy groups -OCH3 is 1. The van der Waals surface area contributed by atoms with Gasteiger partial charge in [0.25, 0.3) is 0 Å². The molecular weight excluding hydrogens is 494 g/mol. The number of nitrogens with one attached hydrogen (secondary N) is 3. The van der Waals surface area contributed by atoms with Gasteiger partial charge in [-0.25, -0.2) is 23.1 Å². The van der Waals surface area contributed by atoms with E-state index in [-0.39, 0.29) is 12.1 Å². The molecule has 4 aromatic heterocycles. The van der Waals surface area contributed by atoms with Crippen molar-refractivity contribution in [3.8, 4) is 16.9 Å². The Hall–Kier alpha value is -2.66. The summed E-state index contributed by atoms with van der Waals surface area (Å²) < 4.78 is 33.8. The van der Waals surface area contributed by atoms with Gasteiger partial charge in [-0.1, -0.05) is 17.7 Å². The molecule has 0 aromatic carbocycles. The number of rotatable bonds is 7. The summed E-state index contributed by atoms with van der Waals surface area (Å²) in [7, 11) is -1.89. The van der Waals surface area contributed by atoms with Crippen LogP contribution >= 0.6 is 22.9 Å². The minimum Gasteiger partial charge on any atom is -0.495 e. The third-order valence-electron chi connectivity index (χ3n) is 5.95. The van der Waals surface area contributed by atoms with Gasteiger partial charge in [0.1, 0.15) is 26.6 Å². The predicted molar refractivity (Wildman–Crippen MR) is 135 cm³/mol. The van der Waals surface area contributed by atoms with E-state index in [0.717, 1.165) is 41.4 Å². The third-order valence-corrected chi connectivity index (χ3v) is 9.07. The van der Waals surface area contributed by atoms with E-state index in [1.807, 2.05) is 24.4 Å². The molecule has 1 saturated carbocycles. The van der Waals surface area contributed by atoms with Gasteiger partial charge in [-0.15, -0.1) is 11.3 Å². The molecule has 178 valence electrons. The van der Waals surface area contributed by atoms with E-state index in [0.29, 0.717) is 27.4 Å². The van der Waals surface area contributed by atoms with Crippen molar-refractivity contribution in [2.45, 2.75) is 42.0 Å². The fourth-order valence-corrected chi connectivity index (χ4v) is 6.89. The lowest BCUT2D eigenvalue weighted by Crippen LogP contribution is -2.41. The number of pyridine rings is 2. The van der Waals surface area contributed by atoms with E-state index >= 15 is 0 Å². The molecule has 1 aliphatic rings. The van der Waals surface area contributed by atoms with Crippen molar-refractivity contribution in [3.05, 3.63) is 53.3 Å². The zero-order valence-corrected chi connectivity index (χ0v) is 20.8. The van der Waals surface area contributed by atoms with E-state index in [9.17, 15) is 8.42 Å². The summed E-state index contributed by atoms with van der Waals surface area (Å²) in [6, 6.07) is 9.01. The first-order valence-electron chi connectivity index (χ1n) is 10.9. The minimum atomic E-state index is -3.50. The van der Waals surface area contributed by atoms with Crippen LogP contribution in [0.25, 0.3) is 22.2 Å². The van der Waals surface area contributed by atoms with Crippen LogP contribution in [-0.4, -0.2) is 42.6 Å². The number of thiophene rings is 1. The molecule has 8 nitrogen and oxygen atoms in total. The number of hydrogen-bond donors (Lipinski definition) is 3. The first kappa shape index (κ1) is 23.1. The van der Waals surface area contributed by atoms with E-state index in [2.05, 4.69) is 25.0 Å². The van der Waals surface area contributed by atoms with Crippen molar-refractivity contribution < 1.29 is 13.2 Å². The second-order valence-corrected chi connectivity index (χ2v) is 11.6. The van der Waals surface area contributed by atoms with Crippen LogP contribution < -0.4 is 14.8 Å². The van der Waals surface area contributed by atoms with Crippen LogP contribution in [0.1, 0.15) is 25.7 Å². The van der Waals surface area contributed by atoms with Gasteiger partial charge in [0.2, 0.25) is 10.0 Å². The van der Waals surface area contributed by atoms with E-state index in [1.165, 1.54) is 11.3 Å². The van der Waals surface area contributed by atoms with E-state index < -0.39 is 10.0 Å². The first-order valence-corrected chi connectivity index (χ1v) is 13.7. The molecule has 5 rings (SSSR count). The quantitative estimate of drug-likeness (QED) is 0.296. The Morgan fingerprint density at radius 1 is 1.24 bits per heavy atom. The Balaban J connectivity index is 1.34. The molecule has 2 atom stereocenters. The number of sulfonamides is 1. The molecule has 11 heteroatoms. The summed E-state index contributed by atoms with van der Waals surface area (Å²) >= 11 is 7.60. The van der Waals surface area contributed by atoms with Crippen molar-refractivity contribution in [3.63, 3.8) is 0 Å². The number of anilines is 1. The van der Waals surface area contributed by atoms with Crippen molar-refractivity contribution in [2.75, 3.05) is 12.4 Å². The maximum atomic E-state index is 12.6. The first-order chi connectivity index (χ1) is 16.4. The number of ether oxygens (including phenoxy) is 1. The number of aromatic nitrogens is 3. The standard InChI is InChI=1S/C23H24ClN5O3S2/c1-32-17-11-18-19(13-26-23(18)25-12-17)14-8-20(24)28-21(9-14)27-15-4-2-5-16(10-15)29-34(30,31)22-6-3-7-33-22/h3,6-9,11-13,15-16,29H,2,4-5,10H2,1H3,(H,25,26)(H,27,28). The monoisotopic (exact) mass is 517 g/mol. The zero-order chi connectivity index (χ0) is 23.7. The second kappa shape index (κ2) is 9.53. The Labute approximate surface area is 206 Å². The Bertz CT molecular complexity index is 1410. The van der Waals surface area contributed by atoms with Gasteiger partial charge in [-0.05, 0) is 60.9 Å². The predicted octanol–water partition coefficient (Wildman–Crippen LogP) is 5.05. The third kappa shape index (κ3) is 4.90. The number of halogens is 1. The van der Waals surface area contributed by atoms with Gasteiger partial charge in [-0.2, -0.15) is 0 Å². The number of hydrogen-bond acceptors (Lipinski definition) is 7. The molecule has 1 aliphatic carbocycles. The van der Waals surface area contributed by atoms with Crippen LogP contribution in [0.2, 0.25) is 5.15 Å². The highest BCUT2D eigenvalue weighted by Gasteiger charge is 2.27. The number of fused-ring (bicyclic) bond motifs is 1. The molecule has 4 heterocycles. The largest absolute Gasteiger partial charge is 0.495 e. The van der Waals surface area contributed by atoms with Crippen molar-refractivity contribution in [1.29, 1.82) is 0 Å². The molecule has 0 radical (unpaired) electrons. The fraction of sp³-hybridized carbons (Fsp3) is 0.304. The molecule has 0 amide bonds. The molecule has 3 N–H and O–H groups in total. The van der Waals surface area contributed by atoms with Crippen LogP contribution in [0.15, 0.2) is 52.3 Å². The van der Waals surface area contributed by atoms with Crippen molar-refractivity contribution in [1.82, 2.24) is 19.7 Å². The second-order valence-electron chi connectivity index (χ2n) is 8.30. The highest BCUT2D eigenvalue weighted by Crippen LogP contribution is 2.33. The molecule has 1 fully saturated rings. The maximum Gasteiger partial charge on any atom is 0.250 e. The smallest absolute Gasteiger partial charge is 0.250 e. The summed E-state index contributed by atoms with van der Waals surface area (Å²) in [5, 5.41) is 6.53. The lowest BCUT2D eigenvalue weighted by Gasteiger charge is -2.30. The summed E-state index contributed by atoms with van der Waals surface area (Å²) in [4.78, 5) is 12.0. The molecular formula is C23H24ClN5O3S2. The summed E-state index contributed by atoms with van der Waals surface area (Å²) in [5.74, 6) is 1.32. The van der Waals surface area contributed by atoms with Crippen LogP contribution in [0, 0.1) is 0 Å². The molecule has 0 aliphatic heterocycles. The maximum absolute atomic E-state index is 12.6. The summed E-state index contributed by atoms with van der Waals surface area (Å²) in [6.45, 7) is 0. The van der Waals surface area contributed by atoms with Crippen LogP contribution in [0.3, 0.4) is 0 Å². The summed E-state index contributed by atoms with van der Waals surface area (Å²) in [5.41, 5.74) is 2.60. The molecule has 0 bridgehead atoms. The van der Waals surface area contributed by atoms with Gasteiger partial charge in [0.05, 0.1) is 13.3 Å². The normalized spacial score (nSPS) is 18.8. The highest BCUT2D eigenvalue weighted by atomic mass is 35.5. The topological polar surface area (TPSA) is 109 Å². The lowest BCUT2D eigenvalue weighted by molar-refractivity contribution is 0.385. The number of aromatic amines is 1. The van der Waals surface area contributed by atoms with Gasteiger partial charge in [0, 0.05) is 29.2 Å². The van der Waals surface area contributed by atoms with Gasteiger partial charge in [0.15, 0.2) is 0 Å². The fourth-order valence-electron chi connectivity index (χ4n) is 4.39. The van der Waals surface area contributed by atoms with E-state index in [4.69, 9.17) is 16.3 Å². The average Bonchev–Trinajstić information content (AvgIpc) is 3.49.